The molecule has 0 aromatic heterocycles. The van der Waals surface area contributed by atoms with Crippen LogP contribution in [0.15, 0.2) is 18.2 Å². The highest BCUT2D eigenvalue weighted by Gasteiger charge is 2.21. The SMILES string of the molecule is CCCNCc1ccc(N2CCC(O)C2)c(C)c1. The molecular formula is C15H24N2O. The number of hydrogen-bond donors (Lipinski definition) is 2. The third-order valence-corrected chi connectivity index (χ3v) is 3.52. The molecule has 1 aliphatic rings. The maximum absolute atomic E-state index is 9.60. The smallest absolute Gasteiger partial charge is 0.0731 e. The Morgan fingerprint density at radius 3 is 2.89 bits per heavy atom. The second-order valence-electron chi connectivity index (χ2n) is 5.19. The molecule has 0 aliphatic carbocycles. The lowest BCUT2D eigenvalue weighted by atomic mass is 10.1. The first kappa shape index (κ1) is 13.4. The lowest BCUT2D eigenvalue weighted by Gasteiger charge is -2.21. The molecule has 18 heavy (non-hydrogen) atoms. The predicted molar refractivity (Wildman–Crippen MR) is 76.0 cm³/mol. The van der Waals surface area contributed by atoms with Gasteiger partial charge in [-0.15, -0.1) is 0 Å². The van der Waals surface area contributed by atoms with Gasteiger partial charge >= 0.3 is 0 Å². The van der Waals surface area contributed by atoms with Gasteiger partial charge in [0, 0.05) is 25.3 Å². The average molecular weight is 248 g/mol. The van der Waals surface area contributed by atoms with Crippen LogP contribution in [-0.2, 0) is 6.54 Å². The summed E-state index contributed by atoms with van der Waals surface area (Å²) in [4.78, 5) is 2.28. The molecule has 0 amide bonds. The maximum Gasteiger partial charge on any atom is 0.0731 e. The van der Waals surface area contributed by atoms with Gasteiger partial charge in [0.05, 0.1) is 6.10 Å². The van der Waals surface area contributed by atoms with E-state index in [1.54, 1.807) is 0 Å². The first-order valence-corrected chi connectivity index (χ1v) is 6.94. The molecular weight excluding hydrogens is 224 g/mol. The van der Waals surface area contributed by atoms with E-state index in [9.17, 15) is 5.11 Å². The highest BCUT2D eigenvalue weighted by Crippen LogP contribution is 2.25. The number of hydrogen-bond acceptors (Lipinski definition) is 3. The largest absolute Gasteiger partial charge is 0.391 e. The Morgan fingerprint density at radius 1 is 1.44 bits per heavy atom. The van der Waals surface area contributed by atoms with E-state index in [2.05, 4.69) is 42.3 Å². The fourth-order valence-corrected chi connectivity index (χ4v) is 2.55. The number of β-amino-alcohol motifs (C(OH)–C–C–N with tert-alkyl or cyclic N) is 1. The molecule has 1 heterocycles. The van der Waals surface area contributed by atoms with Crippen molar-refractivity contribution in [2.45, 2.75) is 39.3 Å². The van der Waals surface area contributed by atoms with Gasteiger partial charge in [0.2, 0.25) is 0 Å². The van der Waals surface area contributed by atoms with Gasteiger partial charge in [-0.1, -0.05) is 19.1 Å². The summed E-state index contributed by atoms with van der Waals surface area (Å²) in [5.41, 5.74) is 3.91. The summed E-state index contributed by atoms with van der Waals surface area (Å²) in [5, 5.41) is 13.0. The van der Waals surface area contributed by atoms with Crippen molar-refractivity contribution in [2.75, 3.05) is 24.5 Å². The van der Waals surface area contributed by atoms with Crippen molar-refractivity contribution in [2.24, 2.45) is 0 Å². The van der Waals surface area contributed by atoms with E-state index in [0.29, 0.717) is 0 Å². The Hall–Kier alpha value is -1.06. The summed E-state index contributed by atoms with van der Waals surface area (Å²) < 4.78 is 0. The van der Waals surface area contributed by atoms with Gasteiger partial charge in [-0.2, -0.15) is 0 Å². The van der Waals surface area contributed by atoms with E-state index in [-0.39, 0.29) is 6.10 Å². The minimum absolute atomic E-state index is 0.157. The Balaban J connectivity index is 2.01. The quantitative estimate of drug-likeness (QED) is 0.783. The number of aryl methyl sites for hydroxylation is 1. The van der Waals surface area contributed by atoms with Gasteiger partial charge in [0.1, 0.15) is 0 Å². The van der Waals surface area contributed by atoms with Crippen molar-refractivity contribution < 1.29 is 5.11 Å². The summed E-state index contributed by atoms with van der Waals surface area (Å²) in [6, 6.07) is 6.63. The summed E-state index contributed by atoms with van der Waals surface area (Å²) >= 11 is 0. The van der Waals surface area contributed by atoms with E-state index in [1.165, 1.54) is 23.2 Å². The second-order valence-corrected chi connectivity index (χ2v) is 5.19. The van der Waals surface area contributed by atoms with Crippen LogP contribution in [-0.4, -0.2) is 30.8 Å². The van der Waals surface area contributed by atoms with Crippen LogP contribution in [0.5, 0.6) is 0 Å². The summed E-state index contributed by atoms with van der Waals surface area (Å²) in [5.74, 6) is 0. The van der Waals surface area contributed by atoms with Crippen molar-refractivity contribution >= 4 is 5.69 Å². The van der Waals surface area contributed by atoms with Crippen LogP contribution in [0.1, 0.15) is 30.9 Å². The molecule has 1 aliphatic heterocycles. The van der Waals surface area contributed by atoms with Crippen molar-refractivity contribution in [3.8, 4) is 0 Å². The van der Waals surface area contributed by atoms with Crippen molar-refractivity contribution in [3.63, 3.8) is 0 Å². The number of nitrogens with zero attached hydrogens (tertiary/aromatic N) is 1. The van der Waals surface area contributed by atoms with Crippen LogP contribution < -0.4 is 10.2 Å². The van der Waals surface area contributed by atoms with Gasteiger partial charge in [-0.3, -0.25) is 0 Å². The molecule has 1 aromatic carbocycles. The lowest BCUT2D eigenvalue weighted by molar-refractivity contribution is 0.198. The monoisotopic (exact) mass is 248 g/mol. The molecule has 1 unspecified atom stereocenters. The van der Waals surface area contributed by atoms with Gasteiger partial charge in [0.15, 0.2) is 0 Å². The molecule has 2 N–H and O–H groups in total. The zero-order chi connectivity index (χ0) is 13.0. The first-order valence-electron chi connectivity index (χ1n) is 6.94. The molecule has 0 bridgehead atoms. The Labute approximate surface area is 110 Å². The zero-order valence-corrected chi connectivity index (χ0v) is 11.4. The van der Waals surface area contributed by atoms with Gasteiger partial charge in [0.25, 0.3) is 0 Å². The topological polar surface area (TPSA) is 35.5 Å². The van der Waals surface area contributed by atoms with Crippen LogP contribution in [0.3, 0.4) is 0 Å². The van der Waals surface area contributed by atoms with E-state index < -0.39 is 0 Å². The minimum atomic E-state index is -0.157. The number of anilines is 1. The average Bonchev–Trinajstić information content (AvgIpc) is 2.76. The fourth-order valence-electron chi connectivity index (χ4n) is 2.55. The van der Waals surface area contributed by atoms with Gasteiger partial charge in [-0.05, 0) is 43.5 Å². The van der Waals surface area contributed by atoms with Crippen molar-refractivity contribution in [3.05, 3.63) is 29.3 Å². The van der Waals surface area contributed by atoms with Crippen molar-refractivity contribution in [1.29, 1.82) is 0 Å². The molecule has 100 valence electrons. The first-order chi connectivity index (χ1) is 8.70. The van der Waals surface area contributed by atoms with E-state index in [1.807, 2.05) is 0 Å². The number of aliphatic hydroxyl groups excluding tert-OH is 1. The Bertz CT molecular complexity index is 392. The van der Waals surface area contributed by atoms with E-state index in [4.69, 9.17) is 0 Å². The third-order valence-electron chi connectivity index (χ3n) is 3.52. The second kappa shape index (κ2) is 6.21. The number of aliphatic hydroxyl groups is 1. The van der Waals surface area contributed by atoms with Gasteiger partial charge in [-0.25, -0.2) is 0 Å². The molecule has 0 saturated carbocycles. The molecule has 1 saturated heterocycles. The lowest BCUT2D eigenvalue weighted by Crippen LogP contribution is -2.22. The molecule has 3 nitrogen and oxygen atoms in total. The number of rotatable bonds is 5. The minimum Gasteiger partial charge on any atom is -0.391 e. The molecule has 1 aromatic rings. The Morgan fingerprint density at radius 2 is 2.28 bits per heavy atom. The maximum atomic E-state index is 9.60. The molecule has 2 rings (SSSR count). The normalized spacial score (nSPS) is 19.5. The molecule has 0 radical (unpaired) electrons. The third kappa shape index (κ3) is 3.24. The summed E-state index contributed by atoms with van der Waals surface area (Å²) in [6.45, 7) is 8.09. The van der Waals surface area contributed by atoms with E-state index >= 15 is 0 Å². The van der Waals surface area contributed by atoms with Crippen LogP contribution >= 0.6 is 0 Å². The molecule has 3 heteroatoms. The standard InChI is InChI=1S/C15H24N2O/c1-3-7-16-10-13-4-5-15(12(2)9-13)17-8-6-14(18)11-17/h4-5,9,14,16,18H,3,6-8,10-11H2,1-2H3. The van der Waals surface area contributed by atoms with Crippen LogP contribution in [0.25, 0.3) is 0 Å². The fraction of sp³-hybridized carbons (Fsp3) is 0.600. The predicted octanol–water partition coefficient (Wildman–Crippen LogP) is 2.07. The number of nitrogens with one attached hydrogen (secondary N) is 1. The highest BCUT2D eigenvalue weighted by molar-refractivity contribution is 5.55. The molecule has 1 atom stereocenters. The van der Waals surface area contributed by atoms with Crippen LogP contribution in [0.4, 0.5) is 5.69 Å². The van der Waals surface area contributed by atoms with Crippen LogP contribution in [0.2, 0.25) is 0 Å². The van der Waals surface area contributed by atoms with Crippen molar-refractivity contribution in [1.82, 2.24) is 5.32 Å². The Kier molecular flexibility index (Phi) is 4.61. The van der Waals surface area contributed by atoms with Crippen LogP contribution in [0, 0.1) is 6.92 Å². The summed E-state index contributed by atoms with van der Waals surface area (Å²) in [7, 11) is 0. The number of benzene rings is 1. The zero-order valence-electron chi connectivity index (χ0n) is 11.4. The summed E-state index contributed by atoms with van der Waals surface area (Å²) in [6.07, 6.45) is 1.90. The molecule has 1 fully saturated rings. The molecule has 0 spiro atoms. The van der Waals surface area contributed by atoms with Gasteiger partial charge < -0.3 is 15.3 Å². The highest BCUT2D eigenvalue weighted by atomic mass is 16.3. The van der Waals surface area contributed by atoms with E-state index in [0.717, 1.165) is 32.6 Å².